The smallest absolute Gasteiger partial charge is 0.321 e. The summed E-state index contributed by atoms with van der Waals surface area (Å²) in [7, 11) is 1.81. The number of hydrogen-bond acceptors (Lipinski definition) is 4. The summed E-state index contributed by atoms with van der Waals surface area (Å²) in [5.74, 6) is 1.13. The van der Waals surface area contributed by atoms with Crippen molar-refractivity contribution in [3.05, 3.63) is 53.8 Å². The Bertz CT molecular complexity index is 861. The molecule has 1 atom stereocenters. The third kappa shape index (κ3) is 4.04. The van der Waals surface area contributed by atoms with Crippen LogP contribution in [0.1, 0.15) is 18.4 Å². The Morgan fingerprint density at radius 2 is 2.07 bits per heavy atom. The molecule has 28 heavy (non-hydrogen) atoms. The lowest BCUT2D eigenvalue weighted by Gasteiger charge is -2.37. The maximum absolute atomic E-state index is 13.9. The molecular weight excluding hydrogens is 361 g/mol. The maximum atomic E-state index is 13.9. The predicted octanol–water partition coefficient (Wildman–Crippen LogP) is 3.68. The molecule has 2 aromatic carbocycles. The van der Waals surface area contributed by atoms with Gasteiger partial charge in [0.25, 0.3) is 0 Å². The quantitative estimate of drug-likeness (QED) is 0.872. The van der Waals surface area contributed by atoms with E-state index in [-0.39, 0.29) is 24.7 Å². The van der Waals surface area contributed by atoms with E-state index in [4.69, 9.17) is 9.47 Å². The summed E-state index contributed by atoms with van der Waals surface area (Å²) in [4.78, 5) is 16.6. The first-order valence-corrected chi connectivity index (χ1v) is 9.49. The van der Waals surface area contributed by atoms with Gasteiger partial charge in [-0.2, -0.15) is 0 Å². The van der Waals surface area contributed by atoms with Gasteiger partial charge < -0.3 is 19.7 Å². The number of fused-ring (bicyclic) bond motifs is 1. The lowest BCUT2D eigenvalue weighted by molar-refractivity contribution is 0.126. The first-order valence-electron chi connectivity index (χ1n) is 9.49. The van der Waals surface area contributed by atoms with Crippen molar-refractivity contribution in [2.75, 3.05) is 32.2 Å². The fourth-order valence-corrected chi connectivity index (χ4v) is 3.71. The van der Waals surface area contributed by atoms with Gasteiger partial charge in [-0.25, -0.2) is 9.18 Å². The number of carbonyl (C=O) groups excluding carboxylic acids is 1. The molecule has 1 N–H and O–H groups in total. The molecule has 0 aromatic heterocycles. The van der Waals surface area contributed by atoms with Crippen LogP contribution in [0, 0.1) is 5.82 Å². The summed E-state index contributed by atoms with van der Waals surface area (Å²) < 4.78 is 24.6. The van der Waals surface area contributed by atoms with Gasteiger partial charge in [0.1, 0.15) is 5.82 Å². The molecule has 0 radical (unpaired) electrons. The lowest BCUT2D eigenvalue weighted by atomic mass is 10.0. The Morgan fingerprint density at radius 1 is 1.25 bits per heavy atom. The molecular formula is C21H24FN3O3. The fraction of sp³-hybridized carbons (Fsp3) is 0.381. The molecule has 1 saturated heterocycles. The predicted molar refractivity (Wildman–Crippen MR) is 104 cm³/mol. The fourth-order valence-electron chi connectivity index (χ4n) is 3.71. The van der Waals surface area contributed by atoms with Crippen molar-refractivity contribution in [3.8, 4) is 11.5 Å². The highest BCUT2D eigenvalue weighted by molar-refractivity contribution is 5.89. The first-order chi connectivity index (χ1) is 13.6. The average Bonchev–Trinajstić information content (AvgIpc) is 3.17. The maximum Gasteiger partial charge on any atom is 0.321 e. The lowest BCUT2D eigenvalue weighted by Crippen LogP contribution is -2.49. The third-order valence-electron chi connectivity index (χ3n) is 5.32. The largest absolute Gasteiger partial charge is 0.454 e. The van der Waals surface area contributed by atoms with Crippen LogP contribution in [0.25, 0.3) is 0 Å². The van der Waals surface area contributed by atoms with Crippen LogP contribution in [-0.2, 0) is 6.54 Å². The normalized spacial score (nSPS) is 18.7. The van der Waals surface area contributed by atoms with Crippen molar-refractivity contribution in [2.45, 2.75) is 25.4 Å². The number of amides is 2. The molecule has 2 heterocycles. The molecule has 2 aromatic rings. The van der Waals surface area contributed by atoms with E-state index in [1.54, 1.807) is 36.2 Å². The number of halogens is 1. The van der Waals surface area contributed by atoms with Crippen LogP contribution in [0.4, 0.5) is 14.9 Å². The number of piperidine rings is 1. The summed E-state index contributed by atoms with van der Waals surface area (Å²) in [6, 6.07) is 12.1. The Morgan fingerprint density at radius 3 is 2.93 bits per heavy atom. The molecule has 4 rings (SSSR count). The molecule has 1 unspecified atom stereocenters. The second-order valence-corrected chi connectivity index (χ2v) is 7.23. The van der Waals surface area contributed by atoms with Gasteiger partial charge >= 0.3 is 6.03 Å². The van der Waals surface area contributed by atoms with Gasteiger partial charge in [-0.1, -0.05) is 18.2 Å². The zero-order valence-corrected chi connectivity index (χ0v) is 15.9. The van der Waals surface area contributed by atoms with Crippen molar-refractivity contribution in [1.82, 2.24) is 9.80 Å². The van der Waals surface area contributed by atoms with Crippen molar-refractivity contribution >= 4 is 11.7 Å². The topological polar surface area (TPSA) is 54.0 Å². The Labute approximate surface area is 163 Å². The average molecular weight is 385 g/mol. The van der Waals surface area contributed by atoms with E-state index in [9.17, 15) is 9.18 Å². The number of nitrogens with one attached hydrogen (secondary N) is 1. The van der Waals surface area contributed by atoms with Gasteiger partial charge in [0.2, 0.25) is 6.79 Å². The number of anilines is 1. The van der Waals surface area contributed by atoms with Gasteiger partial charge in [-0.3, -0.25) is 4.90 Å². The molecule has 0 aliphatic carbocycles. The third-order valence-corrected chi connectivity index (χ3v) is 5.32. The number of hydrogen-bond donors (Lipinski definition) is 1. The van der Waals surface area contributed by atoms with E-state index in [2.05, 4.69) is 10.2 Å². The van der Waals surface area contributed by atoms with Gasteiger partial charge in [0.15, 0.2) is 11.5 Å². The molecule has 2 aliphatic rings. The molecule has 2 amide bonds. The highest BCUT2D eigenvalue weighted by Gasteiger charge is 2.27. The van der Waals surface area contributed by atoms with Gasteiger partial charge in [0.05, 0.1) is 0 Å². The molecule has 0 saturated carbocycles. The summed E-state index contributed by atoms with van der Waals surface area (Å²) >= 11 is 0. The first kappa shape index (κ1) is 18.6. The molecule has 0 bridgehead atoms. The Hall–Kier alpha value is -2.80. The van der Waals surface area contributed by atoms with E-state index < -0.39 is 0 Å². The Balaban J connectivity index is 1.36. The minimum Gasteiger partial charge on any atom is -0.454 e. The van der Waals surface area contributed by atoms with Crippen LogP contribution in [0.3, 0.4) is 0 Å². The number of likely N-dealkylation sites (tertiary alicyclic amines) is 1. The molecule has 2 aliphatic heterocycles. The van der Waals surface area contributed by atoms with E-state index >= 15 is 0 Å². The highest BCUT2D eigenvalue weighted by Crippen LogP contribution is 2.34. The molecule has 1 fully saturated rings. The van der Waals surface area contributed by atoms with Crippen LogP contribution < -0.4 is 14.8 Å². The second-order valence-electron chi connectivity index (χ2n) is 7.23. The summed E-state index contributed by atoms with van der Waals surface area (Å²) in [6.45, 7) is 2.38. The number of nitrogens with zero attached hydrogens (tertiary/aromatic N) is 2. The SMILES string of the molecule is CN(C(=O)Nc1ccc2c(c1)OCO2)C1CCCN(Cc2ccccc2F)C1. The van der Waals surface area contributed by atoms with Crippen LogP contribution in [0.5, 0.6) is 11.5 Å². The minimum atomic E-state index is -0.182. The second kappa shape index (κ2) is 8.06. The van der Waals surface area contributed by atoms with Crippen LogP contribution in [-0.4, -0.2) is 48.8 Å². The molecule has 0 spiro atoms. The standard InChI is InChI=1S/C21H24FN3O3/c1-24(21(26)23-16-8-9-19-20(11-16)28-14-27-19)17-6-4-10-25(13-17)12-15-5-2-3-7-18(15)22/h2-3,5,7-9,11,17H,4,6,10,12-14H2,1H3,(H,23,26). The zero-order valence-electron chi connectivity index (χ0n) is 15.9. The van der Waals surface area contributed by atoms with Gasteiger partial charge in [0, 0.05) is 43.5 Å². The van der Waals surface area contributed by atoms with E-state index in [1.165, 1.54) is 6.07 Å². The van der Waals surface area contributed by atoms with Crippen molar-refractivity contribution in [1.29, 1.82) is 0 Å². The number of ether oxygens (including phenoxy) is 2. The Kier molecular flexibility index (Phi) is 5.34. The summed E-state index contributed by atoms with van der Waals surface area (Å²) in [5, 5.41) is 2.92. The summed E-state index contributed by atoms with van der Waals surface area (Å²) in [5.41, 5.74) is 1.36. The number of benzene rings is 2. The van der Waals surface area contributed by atoms with Crippen molar-refractivity contribution in [3.63, 3.8) is 0 Å². The van der Waals surface area contributed by atoms with E-state index in [1.807, 2.05) is 12.1 Å². The van der Waals surface area contributed by atoms with Gasteiger partial charge in [-0.15, -0.1) is 0 Å². The molecule has 148 valence electrons. The van der Waals surface area contributed by atoms with Crippen molar-refractivity contribution < 1.29 is 18.7 Å². The highest BCUT2D eigenvalue weighted by atomic mass is 19.1. The number of likely N-dealkylation sites (N-methyl/N-ethyl adjacent to an activating group) is 1. The van der Waals surface area contributed by atoms with Crippen LogP contribution in [0.15, 0.2) is 42.5 Å². The molecule has 7 heteroatoms. The summed E-state index contributed by atoms with van der Waals surface area (Å²) in [6.07, 6.45) is 1.90. The van der Waals surface area contributed by atoms with Gasteiger partial charge in [-0.05, 0) is 37.6 Å². The number of carbonyl (C=O) groups is 1. The molecule has 6 nitrogen and oxygen atoms in total. The number of urea groups is 1. The zero-order chi connectivity index (χ0) is 19.5. The van der Waals surface area contributed by atoms with Crippen LogP contribution in [0.2, 0.25) is 0 Å². The minimum absolute atomic E-state index is 0.0783. The number of rotatable bonds is 4. The van der Waals surface area contributed by atoms with Crippen molar-refractivity contribution in [2.24, 2.45) is 0 Å². The van der Waals surface area contributed by atoms with Crippen LogP contribution >= 0.6 is 0 Å². The van der Waals surface area contributed by atoms with E-state index in [0.717, 1.165) is 25.9 Å². The monoisotopic (exact) mass is 385 g/mol. The van der Waals surface area contributed by atoms with E-state index in [0.29, 0.717) is 29.3 Å².